The van der Waals surface area contributed by atoms with E-state index in [1.807, 2.05) is 15.6 Å². The highest BCUT2D eigenvalue weighted by molar-refractivity contribution is 5.75. The molecule has 0 unspecified atom stereocenters. The van der Waals surface area contributed by atoms with Crippen molar-refractivity contribution in [1.29, 1.82) is 0 Å². The molecular weight excluding hydrogens is 333 g/mol. The number of anilines is 2. The summed E-state index contributed by atoms with van der Waals surface area (Å²) < 4.78 is 40.1. The standard InChI is InChI=1S/C17H19F3N4O/c1-2-15(25)21-9-12-10-23(16-7-8-22-24(16)11-12)14-5-3-13(4-6-14)17(18,19)20/h3-8,12H,2,9-11H2,1H3,(H,21,25)/t12-/m1/s1. The van der Waals surface area contributed by atoms with Gasteiger partial charge in [-0.3, -0.25) is 4.79 Å². The van der Waals surface area contributed by atoms with Gasteiger partial charge in [0.05, 0.1) is 11.8 Å². The normalized spacial score (nSPS) is 17.3. The van der Waals surface area contributed by atoms with Crippen LogP contribution in [-0.2, 0) is 17.5 Å². The van der Waals surface area contributed by atoms with Crippen LogP contribution in [0.25, 0.3) is 0 Å². The number of halogens is 3. The summed E-state index contributed by atoms with van der Waals surface area (Å²) in [4.78, 5) is 13.4. The van der Waals surface area contributed by atoms with Gasteiger partial charge in [0.1, 0.15) is 5.82 Å². The number of benzene rings is 1. The number of nitrogens with zero attached hydrogens (tertiary/aromatic N) is 3. The number of hydrogen-bond acceptors (Lipinski definition) is 3. The Labute approximate surface area is 143 Å². The fourth-order valence-corrected chi connectivity index (χ4v) is 2.93. The van der Waals surface area contributed by atoms with Gasteiger partial charge in [0.15, 0.2) is 0 Å². The molecule has 5 nitrogen and oxygen atoms in total. The number of alkyl halides is 3. The molecule has 0 spiro atoms. The predicted molar refractivity (Wildman–Crippen MR) is 87.5 cm³/mol. The molecule has 8 heteroatoms. The van der Waals surface area contributed by atoms with Gasteiger partial charge in [-0.25, -0.2) is 4.68 Å². The molecule has 134 valence electrons. The average molecular weight is 352 g/mol. The molecule has 0 fully saturated rings. The van der Waals surface area contributed by atoms with Gasteiger partial charge in [0.2, 0.25) is 5.91 Å². The third-order valence-corrected chi connectivity index (χ3v) is 4.26. The number of carbonyl (C=O) groups excluding carboxylic acids is 1. The zero-order chi connectivity index (χ0) is 18.0. The lowest BCUT2D eigenvalue weighted by atomic mass is 10.1. The van der Waals surface area contributed by atoms with Crippen molar-refractivity contribution in [2.45, 2.75) is 26.1 Å². The van der Waals surface area contributed by atoms with Crippen LogP contribution < -0.4 is 10.2 Å². The number of aromatic nitrogens is 2. The predicted octanol–water partition coefficient (Wildman–Crippen LogP) is 3.20. The summed E-state index contributed by atoms with van der Waals surface area (Å²) in [5, 5.41) is 7.14. The molecule has 1 aromatic heterocycles. The zero-order valence-electron chi connectivity index (χ0n) is 13.8. The van der Waals surface area contributed by atoms with Crippen LogP contribution in [-0.4, -0.2) is 28.8 Å². The maximum absolute atomic E-state index is 12.8. The fraction of sp³-hybridized carbons (Fsp3) is 0.412. The van der Waals surface area contributed by atoms with E-state index in [0.29, 0.717) is 31.7 Å². The van der Waals surface area contributed by atoms with E-state index in [-0.39, 0.29) is 11.8 Å². The smallest absolute Gasteiger partial charge is 0.356 e. The van der Waals surface area contributed by atoms with Crippen LogP contribution in [0.3, 0.4) is 0 Å². The molecule has 1 amide bonds. The van der Waals surface area contributed by atoms with Crippen LogP contribution in [0.4, 0.5) is 24.7 Å². The van der Waals surface area contributed by atoms with Gasteiger partial charge in [0.25, 0.3) is 0 Å². The Balaban J connectivity index is 1.81. The summed E-state index contributed by atoms with van der Waals surface area (Å²) in [5.74, 6) is 0.926. The number of carbonyl (C=O) groups is 1. The number of fused-ring (bicyclic) bond motifs is 1. The van der Waals surface area contributed by atoms with Crippen molar-refractivity contribution < 1.29 is 18.0 Å². The second-order valence-corrected chi connectivity index (χ2v) is 6.05. The van der Waals surface area contributed by atoms with Gasteiger partial charge in [-0.05, 0) is 24.3 Å². The topological polar surface area (TPSA) is 50.2 Å². The van der Waals surface area contributed by atoms with Crippen LogP contribution in [0, 0.1) is 5.92 Å². The Kier molecular flexibility index (Phi) is 4.69. The Morgan fingerprint density at radius 1 is 1.24 bits per heavy atom. The summed E-state index contributed by atoms with van der Waals surface area (Å²) in [7, 11) is 0. The Bertz CT molecular complexity index is 739. The number of nitrogens with one attached hydrogen (secondary N) is 1. The molecule has 1 aromatic carbocycles. The van der Waals surface area contributed by atoms with E-state index in [4.69, 9.17) is 0 Å². The Hall–Kier alpha value is -2.51. The maximum atomic E-state index is 12.8. The monoisotopic (exact) mass is 352 g/mol. The molecule has 25 heavy (non-hydrogen) atoms. The first-order valence-corrected chi connectivity index (χ1v) is 8.11. The third-order valence-electron chi connectivity index (χ3n) is 4.26. The second-order valence-electron chi connectivity index (χ2n) is 6.05. The molecule has 0 saturated carbocycles. The SMILES string of the molecule is CCC(=O)NC[C@@H]1CN(c2ccc(C(F)(F)F)cc2)c2ccnn2C1. The van der Waals surface area contributed by atoms with E-state index in [0.717, 1.165) is 18.0 Å². The minimum absolute atomic E-state index is 0.0210. The van der Waals surface area contributed by atoms with Gasteiger partial charge >= 0.3 is 6.18 Å². The molecule has 2 aromatic rings. The molecule has 3 rings (SSSR count). The Morgan fingerprint density at radius 2 is 1.96 bits per heavy atom. The van der Waals surface area contributed by atoms with Crippen molar-refractivity contribution in [3.05, 3.63) is 42.1 Å². The molecule has 0 bridgehead atoms. The largest absolute Gasteiger partial charge is 0.416 e. The first-order chi connectivity index (χ1) is 11.9. The average Bonchev–Trinajstić information content (AvgIpc) is 3.06. The van der Waals surface area contributed by atoms with E-state index in [1.54, 1.807) is 13.1 Å². The number of hydrogen-bond donors (Lipinski definition) is 1. The van der Waals surface area contributed by atoms with E-state index < -0.39 is 11.7 Å². The molecule has 0 radical (unpaired) electrons. The minimum Gasteiger partial charge on any atom is -0.356 e. The van der Waals surface area contributed by atoms with Crippen molar-refractivity contribution in [2.75, 3.05) is 18.0 Å². The lowest BCUT2D eigenvalue weighted by molar-refractivity contribution is -0.137. The van der Waals surface area contributed by atoms with Gasteiger partial charge in [0, 0.05) is 43.7 Å². The first-order valence-electron chi connectivity index (χ1n) is 8.11. The zero-order valence-corrected chi connectivity index (χ0v) is 13.8. The van der Waals surface area contributed by atoms with Crippen molar-refractivity contribution in [2.24, 2.45) is 5.92 Å². The van der Waals surface area contributed by atoms with E-state index >= 15 is 0 Å². The lowest BCUT2D eigenvalue weighted by Crippen LogP contribution is -2.41. The van der Waals surface area contributed by atoms with Crippen molar-refractivity contribution in [1.82, 2.24) is 15.1 Å². The van der Waals surface area contributed by atoms with Crippen molar-refractivity contribution in [3.8, 4) is 0 Å². The minimum atomic E-state index is -4.35. The maximum Gasteiger partial charge on any atom is 0.416 e. The summed E-state index contributed by atoms with van der Waals surface area (Å²) >= 11 is 0. The van der Waals surface area contributed by atoms with Gasteiger partial charge in [-0.15, -0.1) is 0 Å². The quantitative estimate of drug-likeness (QED) is 0.919. The highest BCUT2D eigenvalue weighted by Gasteiger charge is 2.31. The van der Waals surface area contributed by atoms with Crippen LogP contribution in [0.15, 0.2) is 36.5 Å². The summed E-state index contributed by atoms with van der Waals surface area (Å²) in [6, 6.07) is 6.93. The van der Waals surface area contributed by atoms with E-state index in [1.165, 1.54) is 12.1 Å². The van der Waals surface area contributed by atoms with Crippen LogP contribution >= 0.6 is 0 Å². The summed E-state index contributed by atoms with van der Waals surface area (Å²) in [5.41, 5.74) is -0.00482. The molecule has 0 saturated heterocycles. The van der Waals surface area contributed by atoms with Crippen LogP contribution in [0.2, 0.25) is 0 Å². The van der Waals surface area contributed by atoms with Gasteiger partial charge in [-0.2, -0.15) is 18.3 Å². The fourth-order valence-electron chi connectivity index (χ4n) is 2.93. The Morgan fingerprint density at radius 3 is 2.60 bits per heavy atom. The van der Waals surface area contributed by atoms with Crippen molar-refractivity contribution >= 4 is 17.4 Å². The second kappa shape index (κ2) is 6.78. The molecule has 1 N–H and O–H groups in total. The third kappa shape index (κ3) is 3.78. The van der Waals surface area contributed by atoms with Gasteiger partial charge in [-0.1, -0.05) is 6.92 Å². The molecular formula is C17H19F3N4O. The molecule has 1 aliphatic heterocycles. The van der Waals surface area contributed by atoms with Crippen molar-refractivity contribution in [3.63, 3.8) is 0 Å². The number of amides is 1. The molecule has 1 aliphatic rings. The summed E-state index contributed by atoms with van der Waals surface area (Å²) in [6.07, 6.45) is -2.27. The highest BCUT2D eigenvalue weighted by atomic mass is 19.4. The lowest BCUT2D eigenvalue weighted by Gasteiger charge is -2.35. The highest BCUT2D eigenvalue weighted by Crippen LogP contribution is 2.34. The first kappa shape index (κ1) is 17.3. The molecule has 1 atom stereocenters. The van der Waals surface area contributed by atoms with Crippen LogP contribution in [0.1, 0.15) is 18.9 Å². The van der Waals surface area contributed by atoms with Crippen LogP contribution in [0.5, 0.6) is 0 Å². The van der Waals surface area contributed by atoms with Gasteiger partial charge < -0.3 is 10.2 Å². The molecule has 2 heterocycles. The molecule has 0 aliphatic carbocycles. The van der Waals surface area contributed by atoms with E-state index in [2.05, 4.69) is 10.4 Å². The van der Waals surface area contributed by atoms with E-state index in [9.17, 15) is 18.0 Å². The summed E-state index contributed by atoms with van der Waals surface area (Å²) in [6.45, 7) is 3.55. The number of rotatable bonds is 4.